The minimum atomic E-state index is -0.445. The van der Waals surface area contributed by atoms with Crippen LogP contribution in [0.25, 0.3) is 0 Å². The summed E-state index contributed by atoms with van der Waals surface area (Å²) >= 11 is 0. The van der Waals surface area contributed by atoms with Crippen molar-refractivity contribution in [2.75, 3.05) is 6.54 Å². The fourth-order valence-electron chi connectivity index (χ4n) is 2.38. The van der Waals surface area contributed by atoms with E-state index in [0.29, 0.717) is 18.3 Å². The maximum Gasteiger partial charge on any atom is 0.222 e. The Balaban J connectivity index is 2.64. The molecule has 3 atom stereocenters. The predicted octanol–water partition coefficient (Wildman–Crippen LogP) is 2.04. The second-order valence-corrected chi connectivity index (χ2v) is 5.40. The Morgan fingerprint density at radius 3 is 2.38 bits per heavy atom. The normalized spacial score (nSPS) is 26.8. The van der Waals surface area contributed by atoms with E-state index >= 15 is 0 Å². The third-order valence-electron chi connectivity index (χ3n) is 3.92. The summed E-state index contributed by atoms with van der Waals surface area (Å²) in [6.45, 7) is 8.93. The fraction of sp³-hybridized carbons (Fsp3) is 0.923. The molecule has 0 aromatic rings. The molecular weight excluding hydrogens is 202 g/mol. The molecule has 94 valence electrons. The molecule has 1 aliphatic heterocycles. The van der Waals surface area contributed by atoms with Gasteiger partial charge < -0.3 is 10.0 Å². The average molecular weight is 227 g/mol. The zero-order valence-corrected chi connectivity index (χ0v) is 10.9. The van der Waals surface area contributed by atoms with E-state index < -0.39 is 6.10 Å². The van der Waals surface area contributed by atoms with Gasteiger partial charge in [-0.3, -0.25) is 4.79 Å². The topological polar surface area (TPSA) is 40.5 Å². The van der Waals surface area contributed by atoms with Crippen LogP contribution in [0.5, 0.6) is 0 Å². The van der Waals surface area contributed by atoms with Gasteiger partial charge in [0, 0.05) is 13.0 Å². The summed E-state index contributed by atoms with van der Waals surface area (Å²) in [4.78, 5) is 13.8. The van der Waals surface area contributed by atoms with Crippen molar-refractivity contribution < 1.29 is 9.90 Å². The van der Waals surface area contributed by atoms with Crippen molar-refractivity contribution >= 4 is 5.91 Å². The van der Waals surface area contributed by atoms with Crippen LogP contribution < -0.4 is 0 Å². The minimum Gasteiger partial charge on any atom is -0.391 e. The van der Waals surface area contributed by atoms with E-state index in [1.165, 1.54) is 0 Å². The molecule has 1 saturated heterocycles. The maximum atomic E-state index is 11.9. The van der Waals surface area contributed by atoms with Gasteiger partial charge in [-0.05, 0) is 38.5 Å². The van der Waals surface area contributed by atoms with Gasteiger partial charge in [0.2, 0.25) is 5.91 Å². The number of aliphatic hydroxyl groups is 1. The van der Waals surface area contributed by atoms with Crippen LogP contribution in [0.3, 0.4) is 0 Å². The lowest BCUT2D eigenvalue weighted by molar-refractivity contribution is -0.134. The number of hydrogen-bond donors (Lipinski definition) is 1. The molecule has 1 amide bonds. The summed E-state index contributed by atoms with van der Waals surface area (Å²) in [5.74, 6) is 1.50. The molecular formula is C13H25NO2. The zero-order chi connectivity index (χ0) is 12.3. The first-order chi connectivity index (χ1) is 7.43. The van der Waals surface area contributed by atoms with Crippen molar-refractivity contribution in [2.45, 2.75) is 59.1 Å². The molecule has 0 aliphatic carbocycles. The molecule has 1 aliphatic rings. The Bertz CT molecular complexity index is 238. The molecule has 0 radical (unpaired) electrons. The molecule has 1 heterocycles. The average Bonchev–Trinajstić information content (AvgIpc) is 2.39. The fourth-order valence-corrected chi connectivity index (χ4v) is 2.38. The first-order valence-electron chi connectivity index (χ1n) is 6.41. The highest BCUT2D eigenvalue weighted by Gasteiger charge is 2.28. The summed E-state index contributed by atoms with van der Waals surface area (Å²) in [7, 11) is 0. The quantitative estimate of drug-likeness (QED) is 0.801. The van der Waals surface area contributed by atoms with Gasteiger partial charge in [0.25, 0.3) is 0 Å². The minimum absolute atomic E-state index is 0.0570. The lowest BCUT2D eigenvalue weighted by Crippen LogP contribution is -2.44. The van der Waals surface area contributed by atoms with Crippen molar-refractivity contribution in [3.63, 3.8) is 0 Å². The number of nitrogens with zero attached hydrogens (tertiary/aromatic N) is 1. The molecule has 0 bridgehead atoms. The molecule has 3 nitrogen and oxygen atoms in total. The first-order valence-corrected chi connectivity index (χ1v) is 6.41. The highest BCUT2D eigenvalue weighted by molar-refractivity contribution is 5.76. The van der Waals surface area contributed by atoms with Crippen molar-refractivity contribution in [2.24, 2.45) is 11.8 Å². The molecule has 1 N–H and O–H groups in total. The van der Waals surface area contributed by atoms with Gasteiger partial charge in [0.05, 0.1) is 12.1 Å². The molecule has 3 unspecified atom stereocenters. The van der Waals surface area contributed by atoms with Crippen LogP contribution >= 0.6 is 0 Å². The largest absolute Gasteiger partial charge is 0.391 e. The summed E-state index contributed by atoms with van der Waals surface area (Å²) in [5.41, 5.74) is 0. The van der Waals surface area contributed by atoms with E-state index in [4.69, 9.17) is 0 Å². The molecule has 3 heteroatoms. The number of likely N-dealkylation sites (tertiary alicyclic amines) is 1. The molecule has 16 heavy (non-hydrogen) atoms. The summed E-state index contributed by atoms with van der Waals surface area (Å²) < 4.78 is 0. The summed E-state index contributed by atoms with van der Waals surface area (Å²) in [6, 6.07) is -0.0570. The van der Waals surface area contributed by atoms with Gasteiger partial charge in [0.1, 0.15) is 0 Å². The van der Waals surface area contributed by atoms with Gasteiger partial charge >= 0.3 is 0 Å². The van der Waals surface area contributed by atoms with Gasteiger partial charge in [-0.15, -0.1) is 0 Å². The Labute approximate surface area is 98.8 Å². The second-order valence-electron chi connectivity index (χ2n) is 5.40. The maximum absolute atomic E-state index is 11.9. The Morgan fingerprint density at radius 1 is 1.25 bits per heavy atom. The van der Waals surface area contributed by atoms with Crippen molar-refractivity contribution in [1.29, 1.82) is 0 Å². The zero-order valence-electron chi connectivity index (χ0n) is 10.9. The van der Waals surface area contributed by atoms with Crippen LogP contribution in [-0.4, -0.2) is 34.6 Å². The third-order valence-corrected chi connectivity index (χ3v) is 3.92. The lowest BCUT2D eigenvalue weighted by atomic mass is 9.89. The molecule has 0 saturated carbocycles. The molecule has 0 aromatic heterocycles. The van der Waals surface area contributed by atoms with Crippen molar-refractivity contribution in [1.82, 2.24) is 4.90 Å². The van der Waals surface area contributed by atoms with Crippen molar-refractivity contribution in [3.8, 4) is 0 Å². The van der Waals surface area contributed by atoms with Crippen LogP contribution in [-0.2, 0) is 4.79 Å². The second kappa shape index (κ2) is 5.67. The van der Waals surface area contributed by atoms with Gasteiger partial charge in [0.15, 0.2) is 0 Å². The molecule has 0 aromatic carbocycles. The highest BCUT2D eigenvalue weighted by Crippen LogP contribution is 2.26. The highest BCUT2D eigenvalue weighted by atomic mass is 16.3. The van der Waals surface area contributed by atoms with Gasteiger partial charge in [-0.1, -0.05) is 13.8 Å². The van der Waals surface area contributed by atoms with Crippen LogP contribution in [0, 0.1) is 11.8 Å². The SMILES string of the molecule is CC(C)C1CCC(=O)N(C(C)C(C)O)CC1. The van der Waals surface area contributed by atoms with Gasteiger partial charge in [-0.2, -0.15) is 0 Å². The van der Waals surface area contributed by atoms with E-state index in [-0.39, 0.29) is 11.9 Å². The Morgan fingerprint density at radius 2 is 1.88 bits per heavy atom. The summed E-state index contributed by atoms with van der Waals surface area (Å²) in [6.07, 6.45) is 2.26. The molecule has 1 rings (SSSR count). The van der Waals surface area contributed by atoms with Gasteiger partial charge in [-0.25, -0.2) is 0 Å². The van der Waals surface area contributed by atoms with E-state index in [1.807, 2.05) is 11.8 Å². The van der Waals surface area contributed by atoms with Crippen molar-refractivity contribution in [3.05, 3.63) is 0 Å². The predicted molar refractivity (Wildman–Crippen MR) is 65.0 cm³/mol. The Kier molecular flexibility index (Phi) is 4.78. The molecule has 1 fully saturated rings. The van der Waals surface area contributed by atoms with E-state index in [1.54, 1.807) is 6.92 Å². The number of rotatable bonds is 3. The third kappa shape index (κ3) is 3.21. The lowest BCUT2D eigenvalue weighted by Gasteiger charge is -2.30. The number of carbonyl (C=O) groups is 1. The monoisotopic (exact) mass is 227 g/mol. The standard InChI is InChI=1S/C13H25NO2/c1-9(2)12-5-6-13(16)14(8-7-12)10(3)11(4)15/h9-12,15H,5-8H2,1-4H3. The van der Waals surface area contributed by atoms with Crippen LogP contribution in [0.2, 0.25) is 0 Å². The molecule has 0 spiro atoms. The van der Waals surface area contributed by atoms with E-state index in [9.17, 15) is 9.90 Å². The van der Waals surface area contributed by atoms with Crippen LogP contribution in [0.4, 0.5) is 0 Å². The van der Waals surface area contributed by atoms with E-state index in [0.717, 1.165) is 19.4 Å². The number of hydrogen-bond acceptors (Lipinski definition) is 2. The summed E-state index contributed by atoms with van der Waals surface area (Å²) in [5, 5.41) is 9.56. The smallest absolute Gasteiger partial charge is 0.222 e. The number of amides is 1. The van der Waals surface area contributed by atoms with Crippen LogP contribution in [0.15, 0.2) is 0 Å². The van der Waals surface area contributed by atoms with E-state index in [2.05, 4.69) is 13.8 Å². The number of aliphatic hydroxyl groups excluding tert-OH is 1. The Hall–Kier alpha value is -0.570. The first kappa shape index (κ1) is 13.5. The van der Waals surface area contributed by atoms with Crippen LogP contribution in [0.1, 0.15) is 47.0 Å². The number of carbonyl (C=O) groups excluding carboxylic acids is 1.